The molecule has 0 heterocycles. The molecule has 2 aliphatic carbocycles. The molecule has 3 rings (SSSR count). The Bertz CT molecular complexity index is 738. The summed E-state index contributed by atoms with van der Waals surface area (Å²) in [5, 5.41) is 0. The number of rotatable bonds is 1. The Morgan fingerprint density at radius 2 is 1.18 bits per heavy atom. The molecule has 0 spiro atoms. The lowest BCUT2D eigenvalue weighted by atomic mass is 10.0. The summed E-state index contributed by atoms with van der Waals surface area (Å²) in [5.74, 6) is 12.9. The van der Waals surface area contributed by atoms with Gasteiger partial charge in [0.05, 0.1) is 11.8 Å². The highest BCUT2D eigenvalue weighted by Gasteiger charge is 2.01. The molecule has 0 N–H and O–H groups in total. The van der Waals surface area contributed by atoms with Gasteiger partial charge in [0.2, 0.25) is 0 Å². The second-order valence-electron chi connectivity index (χ2n) is 5.09. The van der Waals surface area contributed by atoms with Crippen LogP contribution in [0.25, 0.3) is 0 Å². The fraction of sp³-hybridized carbons (Fsp3) is 0.0952. The van der Waals surface area contributed by atoms with Crippen LogP contribution < -0.4 is 0 Å². The summed E-state index contributed by atoms with van der Waals surface area (Å²) in [7, 11) is 0. The van der Waals surface area contributed by atoms with Crippen LogP contribution in [0.15, 0.2) is 66.8 Å². The van der Waals surface area contributed by atoms with Crippen molar-refractivity contribution >= 4 is 6.29 Å². The van der Waals surface area contributed by atoms with E-state index in [0.717, 1.165) is 17.4 Å². The molecule has 1 aromatic carbocycles. The Morgan fingerprint density at radius 3 is 1.59 bits per heavy atom. The van der Waals surface area contributed by atoms with E-state index in [9.17, 15) is 4.79 Å². The molecule has 0 bridgehead atoms. The van der Waals surface area contributed by atoms with E-state index in [2.05, 4.69) is 23.7 Å². The summed E-state index contributed by atoms with van der Waals surface area (Å²) < 4.78 is 0. The predicted octanol–water partition coefficient (Wildman–Crippen LogP) is 3.69. The third-order valence-electron chi connectivity index (χ3n) is 3.35. The molecule has 2 aliphatic rings. The van der Waals surface area contributed by atoms with Gasteiger partial charge in [-0.1, -0.05) is 72.3 Å². The van der Waals surface area contributed by atoms with E-state index < -0.39 is 0 Å². The molecule has 0 fully saturated rings. The normalized spacial score (nSPS) is 15.5. The van der Waals surface area contributed by atoms with Crippen LogP contribution >= 0.6 is 0 Å². The maximum Gasteiger partial charge on any atom is 0.150 e. The minimum absolute atomic E-state index is 0.156. The summed E-state index contributed by atoms with van der Waals surface area (Å²) in [6.45, 7) is 0. The zero-order valence-electron chi connectivity index (χ0n) is 12.0. The highest BCUT2D eigenvalue weighted by atomic mass is 16.1. The molecule has 0 saturated carbocycles. The molecular formula is C21H14O. The van der Waals surface area contributed by atoms with Crippen LogP contribution in [0, 0.1) is 35.5 Å². The molecule has 1 heteroatoms. The van der Waals surface area contributed by atoms with Gasteiger partial charge in [0.25, 0.3) is 0 Å². The van der Waals surface area contributed by atoms with E-state index in [1.165, 1.54) is 0 Å². The summed E-state index contributed by atoms with van der Waals surface area (Å²) in [6, 6.07) is 5.52. The minimum Gasteiger partial charge on any atom is -0.298 e. The molecule has 104 valence electrons. The molecule has 1 nitrogen and oxygen atoms in total. The highest BCUT2D eigenvalue weighted by Crippen LogP contribution is 2.11. The first-order valence-electron chi connectivity index (χ1n) is 7.17. The van der Waals surface area contributed by atoms with Crippen LogP contribution in [0.1, 0.15) is 21.5 Å². The number of benzene rings is 1. The van der Waals surface area contributed by atoms with Crippen LogP contribution in [0.5, 0.6) is 0 Å². The van der Waals surface area contributed by atoms with Gasteiger partial charge in [-0.25, -0.2) is 0 Å². The van der Waals surface area contributed by atoms with Gasteiger partial charge in [-0.3, -0.25) is 4.79 Å². The number of hydrogen-bond donors (Lipinski definition) is 0. The number of carbonyl (C=O) groups excluding carboxylic acids is 1. The van der Waals surface area contributed by atoms with E-state index in [1.807, 2.05) is 54.7 Å². The molecule has 0 radical (unpaired) electrons. The second kappa shape index (κ2) is 6.61. The van der Waals surface area contributed by atoms with Gasteiger partial charge in [-0.2, -0.15) is 0 Å². The molecule has 1 aromatic rings. The van der Waals surface area contributed by atoms with Crippen molar-refractivity contribution in [1.29, 1.82) is 0 Å². The fourth-order valence-electron chi connectivity index (χ4n) is 2.25. The molecule has 0 unspecified atom stereocenters. The fourth-order valence-corrected chi connectivity index (χ4v) is 2.25. The molecule has 0 saturated heterocycles. The maximum atomic E-state index is 11.1. The lowest BCUT2D eigenvalue weighted by Gasteiger charge is -1.98. The summed E-state index contributed by atoms with van der Waals surface area (Å²) in [6.07, 6.45) is 16.9. The third kappa shape index (κ3) is 3.54. The maximum absolute atomic E-state index is 11.1. The average Bonchev–Trinajstić information content (AvgIpc) is 3.24. The molecular weight excluding hydrogens is 268 g/mol. The molecule has 0 amide bonds. The van der Waals surface area contributed by atoms with E-state index >= 15 is 0 Å². The van der Waals surface area contributed by atoms with E-state index in [0.29, 0.717) is 5.56 Å². The quantitative estimate of drug-likeness (QED) is 0.567. The molecule has 0 atom stereocenters. The van der Waals surface area contributed by atoms with E-state index in [-0.39, 0.29) is 11.8 Å². The Balaban J connectivity index is 1.87. The standard InChI is InChI=1S/C21H14O/c22-16-21-14-19(11-9-17-5-1-2-6-17)13-20(15-21)12-10-18-7-3-4-8-18/h1-8,13-18H. The number of allylic oxidation sites excluding steroid dienone is 8. The van der Waals surface area contributed by atoms with Crippen molar-refractivity contribution in [3.05, 3.63) is 83.5 Å². The van der Waals surface area contributed by atoms with Crippen molar-refractivity contribution in [3.63, 3.8) is 0 Å². The number of hydrogen-bond acceptors (Lipinski definition) is 1. The van der Waals surface area contributed by atoms with E-state index in [4.69, 9.17) is 0 Å². The van der Waals surface area contributed by atoms with Crippen molar-refractivity contribution < 1.29 is 4.79 Å². The van der Waals surface area contributed by atoms with Gasteiger partial charge in [0, 0.05) is 16.7 Å². The van der Waals surface area contributed by atoms with Crippen molar-refractivity contribution in [2.45, 2.75) is 0 Å². The van der Waals surface area contributed by atoms with Crippen molar-refractivity contribution in [3.8, 4) is 23.7 Å². The van der Waals surface area contributed by atoms with Crippen LogP contribution in [0.4, 0.5) is 0 Å². The first kappa shape index (κ1) is 13.9. The first-order chi connectivity index (χ1) is 10.8. The van der Waals surface area contributed by atoms with Gasteiger partial charge in [-0.15, -0.1) is 0 Å². The third-order valence-corrected chi connectivity index (χ3v) is 3.35. The van der Waals surface area contributed by atoms with Gasteiger partial charge in [0.1, 0.15) is 6.29 Å². The molecule has 0 aliphatic heterocycles. The van der Waals surface area contributed by atoms with Crippen molar-refractivity contribution in [1.82, 2.24) is 0 Å². The predicted molar refractivity (Wildman–Crippen MR) is 89.1 cm³/mol. The van der Waals surface area contributed by atoms with Crippen LogP contribution in [-0.4, -0.2) is 6.29 Å². The SMILES string of the molecule is O=Cc1cc(C#CC2C=CC=C2)cc(C#CC2C=CC=C2)c1. The van der Waals surface area contributed by atoms with Crippen molar-refractivity contribution in [2.75, 3.05) is 0 Å². The Hall–Kier alpha value is -3.03. The van der Waals surface area contributed by atoms with Gasteiger partial charge < -0.3 is 0 Å². The zero-order valence-corrected chi connectivity index (χ0v) is 12.0. The second-order valence-corrected chi connectivity index (χ2v) is 5.09. The Kier molecular flexibility index (Phi) is 4.19. The Labute approximate surface area is 130 Å². The van der Waals surface area contributed by atoms with E-state index in [1.54, 1.807) is 12.1 Å². The molecule has 22 heavy (non-hydrogen) atoms. The number of aldehydes is 1. The summed E-state index contributed by atoms with van der Waals surface area (Å²) in [4.78, 5) is 11.1. The van der Waals surface area contributed by atoms with Crippen LogP contribution in [-0.2, 0) is 0 Å². The number of carbonyl (C=O) groups is 1. The van der Waals surface area contributed by atoms with Gasteiger partial charge >= 0.3 is 0 Å². The molecule has 0 aromatic heterocycles. The zero-order chi connectivity index (χ0) is 15.2. The van der Waals surface area contributed by atoms with Crippen LogP contribution in [0.3, 0.4) is 0 Å². The highest BCUT2D eigenvalue weighted by molar-refractivity contribution is 5.76. The van der Waals surface area contributed by atoms with Gasteiger partial charge in [-0.05, 0) is 18.2 Å². The lowest BCUT2D eigenvalue weighted by Crippen LogP contribution is -1.89. The van der Waals surface area contributed by atoms with Crippen molar-refractivity contribution in [2.24, 2.45) is 11.8 Å². The monoisotopic (exact) mass is 282 g/mol. The summed E-state index contributed by atoms with van der Waals surface area (Å²) in [5.41, 5.74) is 2.24. The lowest BCUT2D eigenvalue weighted by molar-refractivity contribution is 0.112. The minimum atomic E-state index is 0.156. The first-order valence-corrected chi connectivity index (χ1v) is 7.17. The van der Waals surface area contributed by atoms with Gasteiger partial charge in [0.15, 0.2) is 0 Å². The summed E-state index contributed by atoms with van der Waals surface area (Å²) >= 11 is 0. The smallest absolute Gasteiger partial charge is 0.150 e. The largest absolute Gasteiger partial charge is 0.298 e. The Morgan fingerprint density at radius 1 is 0.727 bits per heavy atom. The topological polar surface area (TPSA) is 17.1 Å². The average molecular weight is 282 g/mol. The van der Waals surface area contributed by atoms with Crippen LogP contribution in [0.2, 0.25) is 0 Å².